The number of carbonyl (C=O) groups excluding carboxylic acids is 1. The number of hydrogen-bond donors (Lipinski definition) is 0. The van der Waals surface area contributed by atoms with Gasteiger partial charge in [0.2, 0.25) is 0 Å². The molecule has 35 heavy (non-hydrogen) atoms. The van der Waals surface area contributed by atoms with E-state index in [1.54, 1.807) is 0 Å². The van der Waals surface area contributed by atoms with Crippen LogP contribution in [0.4, 0.5) is 0 Å². The molecule has 2 aliphatic heterocycles. The lowest BCUT2D eigenvalue weighted by atomic mass is 9.78. The molecule has 0 aromatic heterocycles. The highest BCUT2D eigenvalue weighted by Crippen LogP contribution is 2.50. The minimum Gasteiger partial charge on any atom is -0.336 e. The highest BCUT2D eigenvalue weighted by Gasteiger charge is 2.46. The Labute approximate surface area is 204 Å². The van der Waals surface area contributed by atoms with Gasteiger partial charge in [0, 0.05) is 29.0 Å². The standard InChI is InChI=1S/C31H21N3O/c32-20-25(21-33)27(22-12-4-1-5-13-22)29-26-18-10-11-19-34(26)30(28(29)23-14-6-2-7-15-23)31(35)24-16-8-3-9-17-24/h1-19,28,30H. The van der Waals surface area contributed by atoms with Gasteiger partial charge in [-0.15, -0.1) is 0 Å². The summed E-state index contributed by atoms with van der Waals surface area (Å²) >= 11 is 0. The lowest BCUT2D eigenvalue weighted by Crippen LogP contribution is -2.37. The van der Waals surface area contributed by atoms with Gasteiger partial charge in [-0.2, -0.15) is 10.5 Å². The topological polar surface area (TPSA) is 67.9 Å². The molecule has 0 aliphatic carbocycles. The molecule has 0 bridgehead atoms. The number of ketones is 1. The summed E-state index contributed by atoms with van der Waals surface area (Å²) in [6, 6.07) is 32.3. The first-order valence-electron chi connectivity index (χ1n) is 11.4. The number of nitrogens with zero attached hydrogens (tertiary/aromatic N) is 3. The first-order valence-corrected chi connectivity index (χ1v) is 11.4. The highest BCUT2D eigenvalue weighted by molar-refractivity contribution is 6.03. The number of benzene rings is 3. The van der Waals surface area contributed by atoms with Gasteiger partial charge in [-0.05, 0) is 28.9 Å². The lowest BCUT2D eigenvalue weighted by Gasteiger charge is -2.29. The zero-order chi connectivity index (χ0) is 24.2. The Kier molecular flexibility index (Phi) is 5.95. The van der Waals surface area contributed by atoms with Crippen LogP contribution in [0.1, 0.15) is 27.4 Å². The molecule has 2 aliphatic rings. The zero-order valence-corrected chi connectivity index (χ0v) is 18.9. The van der Waals surface area contributed by atoms with Crippen molar-refractivity contribution < 1.29 is 4.79 Å². The Morgan fingerprint density at radius 1 is 0.743 bits per heavy atom. The molecule has 3 aromatic rings. The minimum absolute atomic E-state index is 0.0187. The molecule has 3 aromatic carbocycles. The summed E-state index contributed by atoms with van der Waals surface area (Å²) in [4.78, 5) is 16.0. The van der Waals surface area contributed by atoms with Crippen LogP contribution in [0, 0.1) is 22.7 Å². The molecule has 4 nitrogen and oxygen atoms in total. The SMILES string of the molecule is N#CC(C#N)=C(C1=C2C=CC=CN2C(C(=O)c2ccccc2)C1c1ccccc1)c1ccccc1. The molecule has 166 valence electrons. The fraction of sp³-hybridized carbons (Fsp3) is 0.0645. The first kappa shape index (κ1) is 21.9. The zero-order valence-electron chi connectivity index (χ0n) is 18.9. The second-order valence-electron chi connectivity index (χ2n) is 8.31. The number of Topliss-reactive ketones (excluding diaryl/α,β-unsaturated/α-hetero) is 1. The summed E-state index contributed by atoms with van der Waals surface area (Å²) < 4.78 is 0. The van der Waals surface area contributed by atoms with Crippen molar-refractivity contribution in [3.8, 4) is 12.1 Å². The number of hydrogen-bond acceptors (Lipinski definition) is 4. The molecule has 0 fully saturated rings. The van der Waals surface area contributed by atoms with Crippen molar-refractivity contribution in [2.45, 2.75) is 12.0 Å². The number of rotatable bonds is 5. The van der Waals surface area contributed by atoms with E-state index in [9.17, 15) is 15.3 Å². The predicted molar refractivity (Wildman–Crippen MR) is 135 cm³/mol. The molecular formula is C31H21N3O. The number of fused-ring (bicyclic) bond motifs is 1. The van der Waals surface area contributed by atoms with E-state index in [2.05, 4.69) is 12.1 Å². The maximum absolute atomic E-state index is 14.0. The van der Waals surface area contributed by atoms with Crippen LogP contribution in [-0.2, 0) is 0 Å². The second kappa shape index (κ2) is 9.51. The molecule has 0 spiro atoms. The fourth-order valence-electron chi connectivity index (χ4n) is 4.92. The normalized spacial score (nSPS) is 17.9. The summed E-state index contributed by atoms with van der Waals surface area (Å²) in [5, 5.41) is 19.9. The lowest BCUT2D eigenvalue weighted by molar-refractivity contribution is 0.0897. The molecule has 0 saturated heterocycles. The third-order valence-electron chi connectivity index (χ3n) is 6.38. The molecule has 0 amide bonds. The Morgan fingerprint density at radius 2 is 1.31 bits per heavy atom. The van der Waals surface area contributed by atoms with Gasteiger partial charge in [-0.25, -0.2) is 0 Å². The van der Waals surface area contributed by atoms with Crippen molar-refractivity contribution in [1.29, 1.82) is 10.5 Å². The Bertz CT molecular complexity index is 1450. The highest BCUT2D eigenvalue weighted by atomic mass is 16.1. The van der Waals surface area contributed by atoms with E-state index in [4.69, 9.17) is 0 Å². The van der Waals surface area contributed by atoms with E-state index in [0.29, 0.717) is 11.1 Å². The van der Waals surface area contributed by atoms with Crippen LogP contribution in [0.25, 0.3) is 5.57 Å². The number of nitriles is 2. The van der Waals surface area contributed by atoms with E-state index in [1.807, 2.05) is 120 Å². The molecule has 0 radical (unpaired) electrons. The van der Waals surface area contributed by atoms with Crippen molar-refractivity contribution in [2.75, 3.05) is 0 Å². The van der Waals surface area contributed by atoms with E-state index >= 15 is 0 Å². The molecule has 2 heterocycles. The van der Waals surface area contributed by atoms with Crippen LogP contribution in [0.2, 0.25) is 0 Å². The maximum Gasteiger partial charge on any atom is 0.186 e. The Hall–Kier alpha value is -4.93. The van der Waals surface area contributed by atoms with Crippen LogP contribution in [0.15, 0.2) is 132 Å². The average Bonchev–Trinajstić information content (AvgIpc) is 3.27. The number of carbonyl (C=O) groups is 1. The van der Waals surface area contributed by atoms with Gasteiger partial charge in [0.25, 0.3) is 0 Å². The van der Waals surface area contributed by atoms with Crippen molar-refractivity contribution in [1.82, 2.24) is 4.90 Å². The molecule has 2 unspecified atom stereocenters. The summed E-state index contributed by atoms with van der Waals surface area (Å²) in [6.45, 7) is 0. The van der Waals surface area contributed by atoms with Gasteiger partial charge in [0.1, 0.15) is 23.8 Å². The van der Waals surface area contributed by atoms with Crippen molar-refractivity contribution in [2.24, 2.45) is 0 Å². The molecule has 2 atom stereocenters. The molecule has 5 rings (SSSR count). The molecular weight excluding hydrogens is 430 g/mol. The van der Waals surface area contributed by atoms with Gasteiger partial charge in [-0.1, -0.05) is 97.1 Å². The van der Waals surface area contributed by atoms with Gasteiger partial charge in [0.15, 0.2) is 5.78 Å². The molecule has 0 saturated carbocycles. The minimum atomic E-state index is -0.566. The van der Waals surface area contributed by atoms with Gasteiger partial charge in [-0.3, -0.25) is 4.79 Å². The smallest absolute Gasteiger partial charge is 0.186 e. The predicted octanol–water partition coefficient (Wildman–Crippen LogP) is 6.18. The van der Waals surface area contributed by atoms with Crippen LogP contribution >= 0.6 is 0 Å². The van der Waals surface area contributed by atoms with Crippen LogP contribution < -0.4 is 0 Å². The maximum atomic E-state index is 14.0. The fourth-order valence-corrected chi connectivity index (χ4v) is 4.92. The van der Waals surface area contributed by atoms with E-state index < -0.39 is 12.0 Å². The first-order chi connectivity index (χ1) is 17.2. The quantitative estimate of drug-likeness (QED) is 0.343. The average molecular weight is 452 g/mol. The Balaban J connectivity index is 1.81. The van der Waals surface area contributed by atoms with Crippen LogP contribution in [-0.4, -0.2) is 16.7 Å². The Morgan fingerprint density at radius 3 is 1.91 bits per heavy atom. The third kappa shape index (κ3) is 3.88. The second-order valence-corrected chi connectivity index (χ2v) is 8.31. The van der Waals surface area contributed by atoms with Crippen molar-refractivity contribution in [3.63, 3.8) is 0 Å². The van der Waals surface area contributed by atoms with Gasteiger partial charge in [0.05, 0.1) is 0 Å². The van der Waals surface area contributed by atoms with Crippen LogP contribution in [0.5, 0.6) is 0 Å². The summed E-state index contributed by atoms with van der Waals surface area (Å²) in [5.74, 6) is -0.409. The molecule has 4 heteroatoms. The largest absolute Gasteiger partial charge is 0.336 e. The van der Waals surface area contributed by atoms with E-state index in [1.165, 1.54) is 0 Å². The third-order valence-corrected chi connectivity index (χ3v) is 6.38. The van der Waals surface area contributed by atoms with Gasteiger partial charge < -0.3 is 4.90 Å². The van der Waals surface area contributed by atoms with E-state index in [0.717, 1.165) is 22.4 Å². The summed E-state index contributed by atoms with van der Waals surface area (Å²) in [7, 11) is 0. The number of allylic oxidation sites excluding steroid dienone is 5. The van der Waals surface area contributed by atoms with Gasteiger partial charge >= 0.3 is 0 Å². The summed E-state index contributed by atoms with van der Waals surface area (Å²) in [6.07, 6.45) is 7.69. The van der Waals surface area contributed by atoms with Crippen molar-refractivity contribution >= 4 is 11.4 Å². The molecule has 0 N–H and O–H groups in total. The monoisotopic (exact) mass is 451 g/mol. The van der Waals surface area contributed by atoms with Crippen LogP contribution in [0.3, 0.4) is 0 Å². The van der Waals surface area contributed by atoms with E-state index in [-0.39, 0.29) is 11.4 Å². The van der Waals surface area contributed by atoms with Crippen molar-refractivity contribution in [3.05, 3.63) is 149 Å². The summed E-state index contributed by atoms with van der Waals surface area (Å²) in [5.41, 5.74) is 4.54.